The predicted molar refractivity (Wildman–Crippen MR) is 124 cm³/mol. The molecule has 2 aromatic carbocycles. The summed E-state index contributed by atoms with van der Waals surface area (Å²) in [4.78, 5) is 17.2. The number of carbonyl (C=O) groups excluding carboxylic acids is 1. The molecule has 6 nitrogen and oxygen atoms in total. The van der Waals surface area contributed by atoms with Gasteiger partial charge in [0, 0.05) is 11.3 Å². The number of carbonyl (C=O) groups is 1. The van der Waals surface area contributed by atoms with Crippen LogP contribution in [0, 0.1) is 6.92 Å². The molecule has 1 amide bonds. The lowest BCUT2D eigenvalue weighted by Crippen LogP contribution is -2.41. The molecule has 0 bridgehead atoms. The lowest BCUT2D eigenvalue weighted by atomic mass is 9.75. The van der Waals surface area contributed by atoms with E-state index in [4.69, 9.17) is 9.31 Å². The summed E-state index contributed by atoms with van der Waals surface area (Å²) in [6.07, 6.45) is -4.53. The number of alkyl halides is 3. The van der Waals surface area contributed by atoms with Crippen molar-refractivity contribution in [3.05, 3.63) is 47.5 Å². The Morgan fingerprint density at radius 3 is 2.36 bits per heavy atom. The smallest absolute Gasteiger partial charge is 0.399 e. The fourth-order valence-electron chi connectivity index (χ4n) is 3.39. The van der Waals surface area contributed by atoms with Crippen molar-refractivity contribution in [3.63, 3.8) is 0 Å². The van der Waals surface area contributed by atoms with Gasteiger partial charge in [0.05, 0.1) is 21.4 Å². The molecule has 1 saturated heterocycles. The second-order valence-corrected chi connectivity index (χ2v) is 9.97. The molecular formula is C22H23BF3N3O3S. The molecule has 1 fully saturated rings. The first kappa shape index (κ1) is 23.5. The van der Waals surface area contributed by atoms with E-state index < -0.39 is 24.6 Å². The predicted octanol–water partition coefficient (Wildman–Crippen LogP) is 5.09. The second-order valence-electron chi connectivity index (χ2n) is 8.94. The van der Waals surface area contributed by atoms with Gasteiger partial charge in [-0.05, 0) is 70.4 Å². The second kappa shape index (κ2) is 8.00. The lowest BCUT2D eigenvalue weighted by molar-refractivity contribution is -0.0999. The maximum absolute atomic E-state index is 12.9. The van der Waals surface area contributed by atoms with Crippen molar-refractivity contribution in [1.82, 2.24) is 4.98 Å². The zero-order chi connectivity index (χ0) is 24.2. The Bertz CT molecular complexity index is 1210. The van der Waals surface area contributed by atoms with E-state index in [0.717, 1.165) is 22.4 Å². The monoisotopic (exact) mass is 477 g/mol. The minimum atomic E-state index is -4.53. The maximum Gasteiger partial charge on any atom is 0.495 e. The number of thiazole rings is 1. The standard InChI is InChI=1S/C22H23BF3N3O3S/c1-12-6-7-13(10-15(12)23-31-20(2,3)21(4,5)32-23)18(30)28-19-27-16-9-8-14(11-17(16)33-19)29-22(24,25)26/h6-11,29H,1-5H3,(H,27,28,30). The number of nitrogens with one attached hydrogen (secondary N) is 2. The first-order chi connectivity index (χ1) is 15.2. The lowest BCUT2D eigenvalue weighted by Gasteiger charge is -2.32. The first-order valence-electron chi connectivity index (χ1n) is 10.3. The van der Waals surface area contributed by atoms with Crippen LogP contribution in [0.4, 0.5) is 24.0 Å². The average molecular weight is 477 g/mol. The van der Waals surface area contributed by atoms with Crippen molar-refractivity contribution in [1.29, 1.82) is 0 Å². The van der Waals surface area contributed by atoms with Crippen LogP contribution >= 0.6 is 11.3 Å². The highest BCUT2D eigenvalue weighted by atomic mass is 32.1. The van der Waals surface area contributed by atoms with Gasteiger partial charge in [0.25, 0.3) is 5.91 Å². The van der Waals surface area contributed by atoms with Gasteiger partial charge < -0.3 is 9.31 Å². The van der Waals surface area contributed by atoms with E-state index in [-0.39, 0.29) is 16.7 Å². The molecule has 1 aromatic heterocycles. The zero-order valence-corrected chi connectivity index (χ0v) is 19.6. The Balaban J connectivity index is 1.54. The number of rotatable bonds is 4. The van der Waals surface area contributed by atoms with E-state index in [0.29, 0.717) is 15.8 Å². The van der Waals surface area contributed by atoms with Gasteiger partial charge in [-0.3, -0.25) is 15.4 Å². The fraction of sp³-hybridized carbons (Fsp3) is 0.364. The molecule has 0 radical (unpaired) electrons. The molecule has 1 aliphatic heterocycles. The van der Waals surface area contributed by atoms with Crippen LogP contribution < -0.4 is 16.1 Å². The van der Waals surface area contributed by atoms with Crippen LogP contribution in [-0.4, -0.2) is 35.5 Å². The van der Waals surface area contributed by atoms with Crippen molar-refractivity contribution in [2.45, 2.75) is 52.1 Å². The highest BCUT2D eigenvalue weighted by Gasteiger charge is 2.52. The molecule has 4 rings (SSSR count). The maximum atomic E-state index is 12.9. The highest BCUT2D eigenvalue weighted by Crippen LogP contribution is 2.37. The van der Waals surface area contributed by atoms with Crippen molar-refractivity contribution in [2.24, 2.45) is 0 Å². The molecule has 0 atom stereocenters. The summed E-state index contributed by atoms with van der Waals surface area (Å²) < 4.78 is 50.5. The quantitative estimate of drug-likeness (QED) is 0.405. The number of amides is 1. The van der Waals surface area contributed by atoms with Gasteiger partial charge >= 0.3 is 13.4 Å². The number of benzene rings is 2. The topological polar surface area (TPSA) is 72.5 Å². The molecule has 2 N–H and O–H groups in total. The van der Waals surface area contributed by atoms with Crippen molar-refractivity contribution in [3.8, 4) is 0 Å². The van der Waals surface area contributed by atoms with Crippen LogP contribution in [0.5, 0.6) is 0 Å². The van der Waals surface area contributed by atoms with Crippen LogP contribution in [0.15, 0.2) is 36.4 Å². The Morgan fingerprint density at radius 1 is 1.06 bits per heavy atom. The summed E-state index contributed by atoms with van der Waals surface area (Å²) in [6, 6.07) is 9.35. The molecule has 2 heterocycles. The van der Waals surface area contributed by atoms with Gasteiger partial charge in [-0.2, -0.15) is 13.2 Å². The number of anilines is 2. The average Bonchev–Trinajstić information content (AvgIpc) is 3.16. The summed E-state index contributed by atoms with van der Waals surface area (Å²) in [5, 5.41) is 4.48. The van der Waals surface area contributed by atoms with E-state index >= 15 is 0 Å². The summed E-state index contributed by atoms with van der Waals surface area (Å²) in [7, 11) is -0.607. The number of hydrogen-bond acceptors (Lipinski definition) is 6. The number of fused-ring (bicyclic) bond motifs is 1. The van der Waals surface area contributed by atoms with Gasteiger partial charge in [-0.15, -0.1) is 0 Å². The Morgan fingerprint density at radius 2 is 1.73 bits per heavy atom. The third-order valence-electron chi connectivity index (χ3n) is 5.94. The normalized spacial score (nSPS) is 17.4. The number of aromatic nitrogens is 1. The molecule has 0 spiro atoms. The van der Waals surface area contributed by atoms with Gasteiger partial charge in [0.2, 0.25) is 0 Å². The first-order valence-corrected chi connectivity index (χ1v) is 11.1. The minimum Gasteiger partial charge on any atom is -0.399 e. The number of halogens is 3. The van der Waals surface area contributed by atoms with Crippen molar-refractivity contribution >= 4 is 50.9 Å². The van der Waals surface area contributed by atoms with E-state index in [1.165, 1.54) is 23.5 Å². The molecule has 174 valence electrons. The van der Waals surface area contributed by atoms with E-state index in [1.807, 2.05) is 40.7 Å². The van der Waals surface area contributed by atoms with Gasteiger partial charge in [-0.1, -0.05) is 23.0 Å². The molecule has 0 saturated carbocycles. The van der Waals surface area contributed by atoms with E-state index in [2.05, 4.69) is 10.3 Å². The van der Waals surface area contributed by atoms with Crippen LogP contribution in [0.3, 0.4) is 0 Å². The van der Waals surface area contributed by atoms with Crippen LogP contribution in [-0.2, 0) is 9.31 Å². The molecule has 0 unspecified atom stereocenters. The molecule has 0 aliphatic carbocycles. The number of aryl methyl sites for hydroxylation is 1. The number of nitrogens with zero attached hydrogens (tertiary/aromatic N) is 1. The van der Waals surface area contributed by atoms with Crippen molar-refractivity contribution in [2.75, 3.05) is 10.6 Å². The Kier molecular flexibility index (Phi) is 5.70. The van der Waals surface area contributed by atoms with Gasteiger partial charge in [0.1, 0.15) is 0 Å². The highest BCUT2D eigenvalue weighted by molar-refractivity contribution is 7.22. The largest absolute Gasteiger partial charge is 0.495 e. The third-order valence-corrected chi connectivity index (χ3v) is 6.88. The SMILES string of the molecule is Cc1ccc(C(=O)Nc2nc3ccc(NC(F)(F)F)cc3s2)cc1B1OC(C)(C)C(C)(C)O1. The summed E-state index contributed by atoms with van der Waals surface area (Å²) in [5.74, 6) is -0.388. The van der Waals surface area contributed by atoms with E-state index in [9.17, 15) is 18.0 Å². The van der Waals surface area contributed by atoms with Crippen LogP contribution in [0.2, 0.25) is 0 Å². The Labute approximate surface area is 193 Å². The Hall–Kier alpha value is -2.63. The van der Waals surface area contributed by atoms with Gasteiger partial charge in [0.15, 0.2) is 5.13 Å². The minimum absolute atomic E-state index is 0.0953. The summed E-state index contributed by atoms with van der Waals surface area (Å²) in [6.45, 7) is 9.76. The van der Waals surface area contributed by atoms with Crippen LogP contribution in [0.25, 0.3) is 10.2 Å². The van der Waals surface area contributed by atoms with E-state index in [1.54, 1.807) is 12.1 Å². The zero-order valence-electron chi connectivity index (χ0n) is 18.8. The summed E-state index contributed by atoms with van der Waals surface area (Å²) in [5.41, 5.74) is 1.45. The van der Waals surface area contributed by atoms with Gasteiger partial charge in [-0.25, -0.2) is 4.98 Å². The molecule has 11 heteroatoms. The molecule has 1 aliphatic rings. The molecular weight excluding hydrogens is 454 g/mol. The third kappa shape index (κ3) is 4.85. The molecule has 3 aromatic rings. The molecule has 33 heavy (non-hydrogen) atoms. The number of hydrogen-bond donors (Lipinski definition) is 2. The van der Waals surface area contributed by atoms with Crippen LogP contribution in [0.1, 0.15) is 43.6 Å². The fourth-order valence-corrected chi connectivity index (χ4v) is 4.29. The van der Waals surface area contributed by atoms with Crippen molar-refractivity contribution < 1.29 is 27.3 Å². The summed E-state index contributed by atoms with van der Waals surface area (Å²) >= 11 is 1.09.